The van der Waals surface area contributed by atoms with E-state index < -0.39 is 0 Å². The molecule has 4 heteroatoms. The van der Waals surface area contributed by atoms with Crippen molar-refractivity contribution in [2.45, 2.75) is 27.3 Å². The van der Waals surface area contributed by atoms with E-state index >= 15 is 0 Å². The monoisotopic (exact) mass is 331 g/mol. The summed E-state index contributed by atoms with van der Waals surface area (Å²) in [5.74, 6) is 1.26. The van der Waals surface area contributed by atoms with Gasteiger partial charge in [-0.05, 0) is 49.1 Å². The minimum Gasteiger partial charge on any atom is -0.438 e. The van der Waals surface area contributed by atoms with Crippen molar-refractivity contribution in [1.82, 2.24) is 4.57 Å². The molecule has 0 fully saturated rings. The molecular weight excluding hydrogens is 310 g/mol. The lowest BCUT2D eigenvalue weighted by Crippen LogP contribution is -2.06. The van der Waals surface area contributed by atoms with Crippen LogP contribution in [0.2, 0.25) is 0 Å². The summed E-state index contributed by atoms with van der Waals surface area (Å²) >= 11 is 0. The van der Waals surface area contributed by atoms with E-state index in [2.05, 4.69) is 19.1 Å². The number of nitrogen functional groups attached to an aromatic ring is 1. The predicted octanol–water partition coefficient (Wildman–Crippen LogP) is 4.71. The van der Waals surface area contributed by atoms with Crippen molar-refractivity contribution < 1.29 is 4.74 Å². The van der Waals surface area contributed by atoms with Crippen molar-refractivity contribution in [3.63, 3.8) is 0 Å². The largest absolute Gasteiger partial charge is 0.438 e. The molecular formula is C21H21N3O. The van der Waals surface area contributed by atoms with Crippen LogP contribution >= 0.6 is 0 Å². The highest BCUT2D eigenvalue weighted by atomic mass is 16.5. The first kappa shape index (κ1) is 16.7. The van der Waals surface area contributed by atoms with Crippen LogP contribution in [0.1, 0.15) is 27.9 Å². The molecule has 1 aromatic heterocycles. The molecule has 126 valence electrons. The van der Waals surface area contributed by atoms with E-state index in [4.69, 9.17) is 10.5 Å². The number of hydrogen-bond donors (Lipinski definition) is 1. The third-order valence-corrected chi connectivity index (χ3v) is 4.33. The molecule has 0 unspecified atom stereocenters. The number of hydrogen-bond acceptors (Lipinski definition) is 3. The second-order valence-electron chi connectivity index (χ2n) is 6.29. The predicted molar refractivity (Wildman–Crippen MR) is 99.8 cm³/mol. The summed E-state index contributed by atoms with van der Waals surface area (Å²) in [6.45, 7) is 6.60. The van der Waals surface area contributed by atoms with Gasteiger partial charge in [-0.15, -0.1) is 0 Å². The fourth-order valence-corrected chi connectivity index (χ4v) is 2.80. The van der Waals surface area contributed by atoms with Gasteiger partial charge in [-0.25, -0.2) is 0 Å². The number of rotatable bonds is 4. The number of benzene rings is 2. The van der Waals surface area contributed by atoms with Crippen LogP contribution in [0.3, 0.4) is 0 Å². The average molecular weight is 331 g/mol. The molecule has 4 nitrogen and oxygen atoms in total. The number of aromatic nitrogens is 1. The fourth-order valence-electron chi connectivity index (χ4n) is 2.80. The van der Waals surface area contributed by atoms with Crippen LogP contribution in [0, 0.1) is 32.1 Å². The SMILES string of the molecule is Cc1ccc(C)c(Oc2c(N)cc(C#N)n2Cc2ccccc2C)c1. The summed E-state index contributed by atoms with van der Waals surface area (Å²) in [7, 11) is 0. The zero-order valence-corrected chi connectivity index (χ0v) is 14.7. The molecule has 0 saturated heterocycles. The number of aryl methyl sites for hydroxylation is 3. The van der Waals surface area contributed by atoms with Gasteiger partial charge in [0.2, 0.25) is 5.88 Å². The van der Waals surface area contributed by atoms with E-state index in [0.717, 1.165) is 28.0 Å². The first-order valence-electron chi connectivity index (χ1n) is 8.18. The van der Waals surface area contributed by atoms with Gasteiger partial charge >= 0.3 is 0 Å². The lowest BCUT2D eigenvalue weighted by atomic mass is 10.1. The van der Waals surface area contributed by atoms with Gasteiger partial charge in [0.25, 0.3) is 0 Å². The minimum atomic E-state index is 0.464. The van der Waals surface area contributed by atoms with E-state index in [1.165, 1.54) is 0 Å². The van der Waals surface area contributed by atoms with E-state index in [1.807, 2.05) is 54.8 Å². The van der Waals surface area contributed by atoms with Gasteiger partial charge < -0.3 is 10.5 Å². The van der Waals surface area contributed by atoms with Gasteiger partial charge in [0, 0.05) is 6.07 Å². The van der Waals surface area contributed by atoms with Crippen molar-refractivity contribution >= 4 is 5.69 Å². The van der Waals surface area contributed by atoms with Crippen molar-refractivity contribution in [3.05, 3.63) is 76.5 Å². The van der Waals surface area contributed by atoms with Crippen LogP contribution in [-0.4, -0.2) is 4.57 Å². The lowest BCUT2D eigenvalue weighted by Gasteiger charge is -2.15. The fraction of sp³-hybridized carbons (Fsp3) is 0.190. The Labute approximate surface area is 148 Å². The van der Waals surface area contributed by atoms with Crippen LogP contribution in [-0.2, 0) is 6.54 Å². The van der Waals surface area contributed by atoms with Crippen LogP contribution < -0.4 is 10.5 Å². The Hall–Kier alpha value is -3.19. The normalized spacial score (nSPS) is 10.5. The number of nitrogens with zero attached hydrogens (tertiary/aromatic N) is 2. The first-order valence-corrected chi connectivity index (χ1v) is 8.18. The van der Waals surface area contributed by atoms with Crippen LogP contribution in [0.25, 0.3) is 0 Å². The molecule has 0 saturated carbocycles. The molecule has 0 amide bonds. The smallest absolute Gasteiger partial charge is 0.224 e. The second kappa shape index (κ2) is 6.74. The highest BCUT2D eigenvalue weighted by Crippen LogP contribution is 2.34. The molecule has 0 radical (unpaired) electrons. The summed E-state index contributed by atoms with van der Waals surface area (Å²) in [4.78, 5) is 0. The third kappa shape index (κ3) is 3.36. The number of nitriles is 1. The highest BCUT2D eigenvalue weighted by Gasteiger charge is 2.17. The number of ether oxygens (including phenoxy) is 1. The molecule has 2 N–H and O–H groups in total. The highest BCUT2D eigenvalue weighted by molar-refractivity contribution is 5.57. The summed E-state index contributed by atoms with van der Waals surface area (Å²) in [6, 6.07) is 18.0. The molecule has 2 aromatic carbocycles. The topological polar surface area (TPSA) is 64.0 Å². The molecule has 0 aliphatic heterocycles. The summed E-state index contributed by atoms with van der Waals surface area (Å²) < 4.78 is 7.97. The van der Waals surface area contributed by atoms with E-state index in [9.17, 15) is 5.26 Å². The van der Waals surface area contributed by atoms with Gasteiger partial charge in [-0.1, -0.05) is 36.4 Å². The van der Waals surface area contributed by atoms with Crippen LogP contribution in [0.4, 0.5) is 5.69 Å². The maximum atomic E-state index is 9.49. The maximum absolute atomic E-state index is 9.49. The van der Waals surface area contributed by atoms with Gasteiger partial charge in [-0.3, -0.25) is 4.57 Å². The number of anilines is 1. The standard InChI is InChI=1S/C21H21N3O/c1-14-8-9-16(3)20(10-14)25-21-19(23)11-18(12-22)24(21)13-17-7-5-4-6-15(17)2/h4-11H,13,23H2,1-3H3. The van der Waals surface area contributed by atoms with Gasteiger partial charge in [0.15, 0.2) is 0 Å². The summed E-state index contributed by atoms with van der Waals surface area (Å²) in [5.41, 5.74) is 11.5. The molecule has 0 aliphatic carbocycles. The number of nitrogens with two attached hydrogens (primary N) is 1. The molecule has 0 atom stereocenters. The van der Waals surface area contributed by atoms with Crippen molar-refractivity contribution in [1.29, 1.82) is 5.26 Å². The molecule has 1 heterocycles. The van der Waals surface area contributed by atoms with Crippen molar-refractivity contribution in [3.8, 4) is 17.7 Å². The van der Waals surface area contributed by atoms with Crippen molar-refractivity contribution in [2.75, 3.05) is 5.73 Å². The lowest BCUT2D eigenvalue weighted by molar-refractivity contribution is 0.434. The van der Waals surface area contributed by atoms with Crippen molar-refractivity contribution in [2.24, 2.45) is 0 Å². The minimum absolute atomic E-state index is 0.464. The maximum Gasteiger partial charge on any atom is 0.224 e. The molecule has 3 aromatic rings. The average Bonchev–Trinajstić information content (AvgIpc) is 2.88. The molecule has 3 rings (SSSR count). The summed E-state index contributed by atoms with van der Waals surface area (Å²) in [5, 5.41) is 9.49. The van der Waals surface area contributed by atoms with E-state index in [-0.39, 0.29) is 0 Å². The third-order valence-electron chi connectivity index (χ3n) is 4.33. The van der Waals surface area contributed by atoms with Crippen LogP contribution in [0.15, 0.2) is 48.5 Å². The van der Waals surface area contributed by atoms with Gasteiger partial charge in [-0.2, -0.15) is 5.26 Å². The van der Waals surface area contributed by atoms with E-state index in [0.29, 0.717) is 23.8 Å². The van der Waals surface area contributed by atoms with Gasteiger partial charge in [0.05, 0.1) is 12.2 Å². The molecule has 0 spiro atoms. The molecule has 0 bridgehead atoms. The Morgan fingerprint density at radius 3 is 2.52 bits per heavy atom. The summed E-state index contributed by atoms with van der Waals surface area (Å²) in [6.07, 6.45) is 0. The molecule has 0 aliphatic rings. The zero-order chi connectivity index (χ0) is 18.0. The Kier molecular flexibility index (Phi) is 4.49. The first-order chi connectivity index (χ1) is 12.0. The Bertz CT molecular complexity index is 964. The second-order valence-corrected chi connectivity index (χ2v) is 6.29. The Balaban J connectivity index is 2.05. The quantitative estimate of drug-likeness (QED) is 0.753. The zero-order valence-electron chi connectivity index (χ0n) is 14.7. The molecule has 25 heavy (non-hydrogen) atoms. The van der Waals surface area contributed by atoms with E-state index in [1.54, 1.807) is 6.07 Å². The van der Waals surface area contributed by atoms with Crippen LogP contribution in [0.5, 0.6) is 11.6 Å². The van der Waals surface area contributed by atoms with Gasteiger partial charge in [0.1, 0.15) is 17.5 Å². The Morgan fingerprint density at radius 2 is 1.80 bits per heavy atom. The Morgan fingerprint density at radius 1 is 1.04 bits per heavy atom.